The number of rotatable bonds is 8. The standard InChI is InChI=1S/C21H19N7O5/c1-4-27(12-20(30)33-3)16-5-6-18(19(9-16)24-13(2)29)25-26-21-14(10-22)7-17(28(31)32)8-15(21)11-23/h5-9H,4,12H2,1-3H3,(H,24,29). The van der Waals surface area contributed by atoms with Crippen molar-refractivity contribution in [2.75, 3.05) is 30.4 Å². The number of non-ortho nitro benzene ring substituents is 1. The Kier molecular flexibility index (Phi) is 8.12. The smallest absolute Gasteiger partial charge is 0.325 e. The Morgan fingerprint density at radius 1 is 1.18 bits per heavy atom. The summed E-state index contributed by atoms with van der Waals surface area (Å²) < 4.78 is 4.70. The average molecular weight is 449 g/mol. The molecule has 0 atom stereocenters. The minimum absolute atomic E-state index is 0.00672. The number of carbonyl (C=O) groups excluding carboxylic acids is 2. The fourth-order valence-corrected chi connectivity index (χ4v) is 2.81. The van der Waals surface area contributed by atoms with Crippen molar-refractivity contribution in [1.82, 2.24) is 0 Å². The molecule has 2 aromatic carbocycles. The molecule has 0 aliphatic rings. The second-order valence-corrected chi connectivity index (χ2v) is 6.54. The molecule has 0 saturated heterocycles. The molecule has 0 spiro atoms. The second kappa shape index (κ2) is 11.0. The van der Waals surface area contributed by atoms with Crippen molar-refractivity contribution in [3.8, 4) is 12.1 Å². The van der Waals surface area contributed by atoms with Crippen molar-refractivity contribution in [3.05, 3.63) is 51.6 Å². The SMILES string of the molecule is CCN(CC(=O)OC)c1ccc(N=Nc2c(C#N)cc([N+](=O)[O-])cc2C#N)c(NC(C)=O)c1. The van der Waals surface area contributed by atoms with Crippen LogP contribution < -0.4 is 10.2 Å². The summed E-state index contributed by atoms with van der Waals surface area (Å²) in [6.07, 6.45) is 0. The second-order valence-electron chi connectivity index (χ2n) is 6.54. The van der Waals surface area contributed by atoms with Gasteiger partial charge in [-0.2, -0.15) is 10.5 Å². The fourth-order valence-electron chi connectivity index (χ4n) is 2.81. The number of methoxy groups -OCH3 is 1. The number of amides is 1. The highest BCUT2D eigenvalue weighted by atomic mass is 16.6. The van der Waals surface area contributed by atoms with Crippen molar-refractivity contribution in [3.63, 3.8) is 0 Å². The van der Waals surface area contributed by atoms with Crippen LogP contribution in [-0.2, 0) is 14.3 Å². The first-order chi connectivity index (χ1) is 15.7. The maximum absolute atomic E-state index is 11.7. The topological polar surface area (TPSA) is 174 Å². The molecule has 33 heavy (non-hydrogen) atoms. The Balaban J connectivity index is 2.54. The Labute approximate surface area is 188 Å². The molecule has 0 bridgehead atoms. The highest BCUT2D eigenvalue weighted by Crippen LogP contribution is 2.34. The third-order valence-electron chi connectivity index (χ3n) is 4.39. The summed E-state index contributed by atoms with van der Waals surface area (Å²) in [4.78, 5) is 35.4. The van der Waals surface area contributed by atoms with Crippen LogP contribution in [0.3, 0.4) is 0 Å². The highest BCUT2D eigenvalue weighted by molar-refractivity contribution is 5.93. The van der Waals surface area contributed by atoms with E-state index in [9.17, 15) is 30.2 Å². The van der Waals surface area contributed by atoms with Gasteiger partial charge in [0.1, 0.15) is 30.1 Å². The van der Waals surface area contributed by atoms with Crippen molar-refractivity contribution in [1.29, 1.82) is 10.5 Å². The molecular weight excluding hydrogens is 430 g/mol. The van der Waals surface area contributed by atoms with Crippen LogP contribution in [0.2, 0.25) is 0 Å². The number of esters is 1. The Morgan fingerprint density at radius 3 is 2.30 bits per heavy atom. The van der Waals surface area contributed by atoms with Crippen LogP contribution in [0.15, 0.2) is 40.6 Å². The van der Waals surface area contributed by atoms with Gasteiger partial charge in [-0.3, -0.25) is 19.7 Å². The van der Waals surface area contributed by atoms with E-state index in [1.165, 1.54) is 20.1 Å². The number of nitrogens with one attached hydrogen (secondary N) is 1. The lowest BCUT2D eigenvalue weighted by atomic mass is 10.1. The number of nitrogens with zero attached hydrogens (tertiary/aromatic N) is 6. The molecule has 2 rings (SSSR count). The van der Waals surface area contributed by atoms with Gasteiger partial charge in [0.25, 0.3) is 5.69 Å². The minimum atomic E-state index is -0.718. The molecule has 0 unspecified atom stereocenters. The zero-order chi connectivity index (χ0) is 24.5. The minimum Gasteiger partial charge on any atom is -0.468 e. The lowest BCUT2D eigenvalue weighted by Gasteiger charge is -2.22. The molecular formula is C21H19N7O5. The van der Waals surface area contributed by atoms with Crippen molar-refractivity contribution in [2.45, 2.75) is 13.8 Å². The first-order valence-electron chi connectivity index (χ1n) is 9.51. The van der Waals surface area contributed by atoms with E-state index in [2.05, 4.69) is 15.5 Å². The van der Waals surface area contributed by atoms with Gasteiger partial charge in [-0.25, -0.2) is 0 Å². The molecule has 0 aliphatic carbocycles. The molecule has 168 valence electrons. The summed E-state index contributed by atoms with van der Waals surface area (Å²) in [5.41, 5.74) is 0.131. The number of hydrogen-bond donors (Lipinski definition) is 1. The van der Waals surface area contributed by atoms with Gasteiger partial charge < -0.3 is 15.0 Å². The Morgan fingerprint density at radius 2 is 1.82 bits per heavy atom. The van der Waals surface area contributed by atoms with Gasteiger partial charge in [0.2, 0.25) is 5.91 Å². The quantitative estimate of drug-likeness (QED) is 0.274. The molecule has 0 aliphatic heterocycles. The molecule has 1 amide bonds. The van der Waals surface area contributed by atoms with Crippen LogP contribution >= 0.6 is 0 Å². The largest absolute Gasteiger partial charge is 0.468 e. The van der Waals surface area contributed by atoms with E-state index in [-0.39, 0.29) is 40.6 Å². The summed E-state index contributed by atoms with van der Waals surface area (Å²) in [5.74, 6) is -0.821. The number of ether oxygens (including phenoxy) is 1. The van der Waals surface area contributed by atoms with Gasteiger partial charge in [-0.15, -0.1) is 10.2 Å². The number of nitro groups is 1. The maximum Gasteiger partial charge on any atom is 0.325 e. The van der Waals surface area contributed by atoms with E-state index >= 15 is 0 Å². The number of nitro benzene ring substituents is 1. The van der Waals surface area contributed by atoms with E-state index in [4.69, 9.17) is 4.74 Å². The average Bonchev–Trinajstić information content (AvgIpc) is 2.80. The Bertz CT molecular complexity index is 1180. The number of hydrogen-bond acceptors (Lipinski definition) is 10. The predicted molar refractivity (Wildman–Crippen MR) is 117 cm³/mol. The normalized spacial score (nSPS) is 10.2. The number of azo groups is 1. The number of carbonyl (C=O) groups is 2. The molecule has 12 heteroatoms. The molecule has 0 saturated carbocycles. The van der Waals surface area contributed by atoms with Crippen LogP contribution in [-0.4, -0.2) is 37.0 Å². The monoisotopic (exact) mass is 449 g/mol. The third-order valence-corrected chi connectivity index (χ3v) is 4.39. The van der Waals surface area contributed by atoms with E-state index in [1.54, 1.807) is 29.2 Å². The zero-order valence-corrected chi connectivity index (χ0v) is 18.0. The van der Waals surface area contributed by atoms with E-state index in [1.807, 2.05) is 6.92 Å². The first kappa shape index (κ1) is 24.4. The van der Waals surface area contributed by atoms with Gasteiger partial charge in [-0.05, 0) is 25.1 Å². The summed E-state index contributed by atoms with van der Waals surface area (Å²) in [5, 5.41) is 40.4. The molecule has 0 fully saturated rings. The summed E-state index contributed by atoms with van der Waals surface area (Å²) in [7, 11) is 1.28. The number of anilines is 2. The highest BCUT2D eigenvalue weighted by Gasteiger charge is 2.18. The molecule has 0 radical (unpaired) electrons. The predicted octanol–water partition coefficient (Wildman–Crippen LogP) is 3.71. The molecule has 1 N–H and O–H groups in total. The lowest BCUT2D eigenvalue weighted by molar-refractivity contribution is -0.384. The van der Waals surface area contributed by atoms with Gasteiger partial charge in [-0.1, -0.05) is 0 Å². The van der Waals surface area contributed by atoms with E-state index < -0.39 is 16.6 Å². The van der Waals surface area contributed by atoms with Crippen molar-refractivity contribution >= 4 is 40.3 Å². The van der Waals surface area contributed by atoms with E-state index in [0.29, 0.717) is 12.2 Å². The van der Waals surface area contributed by atoms with Crippen LogP contribution in [0.25, 0.3) is 0 Å². The van der Waals surface area contributed by atoms with Crippen LogP contribution in [0.4, 0.5) is 28.4 Å². The first-order valence-corrected chi connectivity index (χ1v) is 9.51. The summed E-state index contributed by atoms with van der Waals surface area (Å²) >= 11 is 0. The number of nitriles is 2. The van der Waals surface area contributed by atoms with Crippen molar-refractivity contribution in [2.24, 2.45) is 10.2 Å². The van der Waals surface area contributed by atoms with Crippen LogP contribution in [0.5, 0.6) is 0 Å². The zero-order valence-electron chi connectivity index (χ0n) is 18.0. The summed E-state index contributed by atoms with van der Waals surface area (Å²) in [6, 6.07) is 10.3. The fraction of sp³-hybridized carbons (Fsp3) is 0.238. The molecule has 0 aromatic heterocycles. The number of benzene rings is 2. The van der Waals surface area contributed by atoms with Gasteiger partial charge in [0, 0.05) is 31.3 Å². The molecule has 12 nitrogen and oxygen atoms in total. The van der Waals surface area contributed by atoms with Crippen LogP contribution in [0.1, 0.15) is 25.0 Å². The molecule has 2 aromatic rings. The Hall–Kier alpha value is -4.84. The van der Waals surface area contributed by atoms with Gasteiger partial charge in [0.05, 0.1) is 28.8 Å². The van der Waals surface area contributed by atoms with Gasteiger partial charge >= 0.3 is 5.97 Å². The van der Waals surface area contributed by atoms with Crippen LogP contribution in [0, 0.1) is 32.8 Å². The van der Waals surface area contributed by atoms with Crippen molar-refractivity contribution < 1.29 is 19.2 Å². The third kappa shape index (κ3) is 6.08. The maximum atomic E-state index is 11.7. The lowest BCUT2D eigenvalue weighted by Crippen LogP contribution is -2.30. The summed E-state index contributed by atoms with van der Waals surface area (Å²) in [6.45, 7) is 3.62. The van der Waals surface area contributed by atoms with Gasteiger partial charge in [0.15, 0.2) is 0 Å². The molecule has 0 heterocycles. The van der Waals surface area contributed by atoms with E-state index in [0.717, 1.165) is 12.1 Å². The number of likely N-dealkylation sites (N-methyl/N-ethyl adjacent to an activating group) is 1.